The molecular formula is C32H35FN6O2. The second-order valence-electron chi connectivity index (χ2n) is 11.4. The molecule has 6 rings (SSSR count). The average molecular weight is 555 g/mol. The van der Waals surface area contributed by atoms with Crippen LogP contribution in [0.3, 0.4) is 0 Å². The van der Waals surface area contributed by atoms with Gasteiger partial charge in [0.15, 0.2) is 0 Å². The fraction of sp³-hybridized carbons (Fsp3) is 0.344. The zero-order chi connectivity index (χ0) is 28.7. The molecule has 41 heavy (non-hydrogen) atoms. The summed E-state index contributed by atoms with van der Waals surface area (Å²) in [6.45, 7) is 4.63. The van der Waals surface area contributed by atoms with E-state index in [-0.39, 0.29) is 17.6 Å². The van der Waals surface area contributed by atoms with Gasteiger partial charge in [-0.2, -0.15) is 0 Å². The number of rotatable bonds is 7. The first-order valence-corrected chi connectivity index (χ1v) is 14.2. The summed E-state index contributed by atoms with van der Waals surface area (Å²) in [6, 6.07) is 12.9. The molecule has 3 aromatic heterocycles. The topological polar surface area (TPSA) is 98.8 Å². The summed E-state index contributed by atoms with van der Waals surface area (Å²) < 4.78 is 16.4. The Kier molecular flexibility index (Phi) is 7.21. The predicted molar refractivity (Wildman–Crippen MR) is 159 cm³/mol. The molecule has 2 aromatic carbocycles. The van der Waals surface area contributed by atoms with Crippen molar-refractivity contribution in [1.82, 2.24) is 29.7 Å². The van der Waals surface area contributed by atoms with E-state index in [0.29, 0.717) is 23.2 Å². The number of pyridine rings is 1. The van der Waals surface area contributed by atoms with E-state index < -0.39 is 5.82 Å². The molecule has 0 unspecified atom stereocenters. The van der Waals surface area contributed by atoms with Crippen molar-refractivity contribution < 1.29 is 9.18 Å². The molecule has 0 radical (unpaired) electrons. The fourth-order valence-electron chi connectivity index (χ4n) is 6.00. The Hall–Kier alpha value is -4.24. The molecule has 1 aliphatic rings. The van der Waals surface area contributed by atoms with Crippen LogP contribution in [0.15, 0.2) is 65.8 Å². The number of nitrogens with zero attached hydrogens (tertiary/aromatic N) is 3. The summed E-state index contributed by atoms with van der Waals surface area (Å²) in [5, 5.41) is 4.82. The summed E-state index contributed by atoms with van der Waals surface area (Å²) >= 11 is 0. The zero-order valence-electron chi connectivity index (χ0n) is 23.6. The monoisotopic (exact) mass is 554 g/mol. The highest BCUT2D eigenvalue weighted by Crippen LogP contribution is 2.39. The number of benzene rings is 2. The van der Waals surface area contributed by atoms with Crippen molar-refractivity contribution in [2.45, 2.75) is 64.1 Å². The Balaban J connectivity index is 1.22. The van der Waals surface area contributed by atoms with Crippen LogP contribution < -0.4 is 11.0 Å². The predicted octanol–water partition coefficient (Wildman–Crippen LogP) is 5.63. The Morgan fingerprint density at radius 3 is 2.66 bits per heavy atom. The lowest BCUT2D eigenvalue weighted by Gasteiger charge is -2.29. The molecule has 0 aliphatic heterocycles. The Labute approximate surface area is 237 Å². The molecule has 5 aromatic rings. The average Bonchev–Trinajstić information content (AvgIpc) is 3.55. The van der Waals surface area contributed by atoms with Crippen LogP contribution in [0.5, 0.6) is 0 Å². The van der Waals surface area contributed by atoms with Crippen molar-refractivity contribution in [3.05, 3.63) is 94.0 Å². The second-order valence-corrected chi connectivity index (χ2v) is 11.4. The molecule has 212 valence electrons. The van der Waals surface area contributed by atoms with Crippen LogP contribution in [0.1, 0.15) is 66.9 Å². The van der Waals surface area contributed by atoms with Crippen LogP contribution in [0.2, 0.25) is 0 Å². The Morgan fingerprint density at radius 2 is 1.88 bits per heavy atom. The molecule has 0 bridgehead atoms. The lowest BCUT2D eigenvalue weighted by Crippen LogP contribution is -2.33. The molecule has 3 N–H and O–H groups in total. The van der Waals surface area contributed by atoms with Crippen LogP contribution >= 0.6 is 0 Å². The number of nitrogens with one attached hydrogen (secondary N) is 3. The molecule has 0 atom stereocenters. The third-order valence-corrected chi connectivity index (χ3v) is 8.52. The van der Waals surface area contributed by atoms with Crippen LogP contribution in [0.25, 0.3) is 27.6 Å². The van der Waals surface area contributed by atoms with E-state index in [0.717, 1.165) is 59.7 Å². The van der Waals surface area contributed by atoms with Gasteiger partial charge >= 0.3 is 5.69 Å². The molecule has 3 heterocycles. The minimum Gasteiger partial charge on any atom is -0.339 e. The number of carbonyl (C=O) groups excluding carboxylic acids is 1. The highest BCUT2D eigenvalue weighted by Gasteiger charge is 2.27. The molecule has 1 amide bonds. The highest BCUT2D eigenvalue weighted by molar-refractivity contribution is 5.99. The highest BCUT2D eigenvalue weighted by atomic mass is 19.1. The van der Waals surface area contributed by atoms with Gasteiger partial charge in [0, 0.05) is 43.5 Å². The number of hydrogen-bond acceptors (Lipinski definition) is 4. The van der Waals surface area contributed by atoms with Gasteiger partial charge in [0.05, 0.1) is 34.0 Å². The summed E-state index contributed by atoms with van der Waals surface area (Å²) in [7, 11) is 1.74. The van der Waals surface area contributed by atoms with Crippen molar-refractivity contribution in [1.29, 1.82) is 0 Å². The van der Waals surface area contributed by atoms with Gasteiger partial charge < -0.3 is 24.8 Å². The van der Waals surface area contributed by atoms with Crippen molar-refractivity contribution in [3.63, 3.8) is 0 Å². The van der Waals surface area contributed by atoms with Crippen LogP contribution in [-0.4, -0.2) is 49.5 Å². The van der Waals surface area contributed by atoms with Crippen molar-refractivity contribution in [2.24, 2.45) is 0 Å². The van der Waals surface area contributed by atoms with Crippen LogP contribution in [-0.2, 0) is 6.54 Å². The first-order chi connectivity index (χ1) is 19.8. The summed E-state index contributed by atoms with van der Waals surface area (Å²) in [5.74, 6) is -0.273. The third-order valence-electron chi connectivity index (χ3n) is 8.52. The summed E-state index contributed by atoms with van der Waals surface area (Å²) in [5.41, 5.74) is 5.73. The van der Waals surface area contributed by atoms with E-state index in [4.69, 9.17) is 0 Å². The van der Waals surface area contributed by atoms with Crippen molar-refractivity contribution in [3.8, 4) is 5.69 Å². The van der Waals surface area contributed by atoms with E-state index in [9.17, 15) is 14.0 Å². The first-order valence-electron chi connectivity index (χ1n) is 14.2. The Bertz CT molecular complexity index is 1780. The quantitative estimate of drug-likeness (QED) is 0.243. The first kappa shape index (κ1) is 27.0. The smallest absolute Gasteiger partial charge is 0.323 e. The molecule has 8 nitrogen and oxygen atoms in total. The normalized spacial score (nSPS) is 17.5. The van der Waals surface area contributed by atoms with Gasteiger partial charge in [0.25, 0.3) is 5.91 Å². The summed E-state index contributed by atoms with van der Waals surface area (Å²) in [4.78, 5) is 36.5. The maximum Gasteiger partial charge on any atom is 0.323 e. The number of fused-ring (bicyclic) bond motifs is 2. The maximum atomic E-state index is 14.4. The van der Waals surface area contributed by atoms with Gasteiger partial charge in [0.2, 0.25) is 0 Å². The van der Waals surface area contributed by atoms with Gasteiger partial charge in [-0.1, -0.05) is 6.07 Å². The molecule has 1 aliphatic carbocycles. The molecule has 0 saturated heterocycles. The Morgan fingerprint density at radius 1 is 1.10 bits per heavy atom. The van der Waals surface area contributed by atoms with E-state index >= 15 is 0 Å². The van der Waals surface area contributed by atoms with Gasteiger partial charge in [-0.25, -0.2) is 9.18 Å². The van der Waals surface area contributed by atoms with Gasteiger partial charge in [-0.05, 0) is 93.0 Å². The minimum atomic E-state index is -0.434. The number of H-pyrrole nitrogens is 2. The van der Waals surface area contributed by atoms with E-state index in [1.54, 1.807) is 24.2 Å². The molecule has 0 spiro atoms. The molecule has 1 saturated carbocycles. The van der Waals surface area contributed by atoms with E-state index in [1.807, 2.05) is 48.9 Å². The number of imidazole rings is 1. The van der Waals surface area contributed by atoms with E-state index in [2.05, 4.69) is 26.5 Å². The van der Waals surface area contributed by atoms with Crippen LogP contribution in [0.4, 0.5) is 4.39 Å². The number of aromatic amines is 2. The number of hydrogen-bond donors (Lipinski definition) is 3. The second kappa shape index (κ2) is 11.0. The largest absolute Gasteiger partial charge is 0.339 e. The van der Waals surface area contributed by atoms with E-state index in [1.165, 1.54) is 17.7 Å². The standard InChI is InChI=1S/C32H35FN6O2/c1-19(2)38(3)31(40)25-15-22(33)7-11-29(25)39-18-26(24-12-13-34-17-30(24)39)21-5-8-23(9-6-21)35-16-20-4-10-27-28(14-20)37-32(41)36-27/h4,7,10-15,17-19,21,23,35H,5-6,8-9,16H2,1-3H3,(H2,36,37,41)/t21-,23-. The third kappa shape index (κ3) is 5.29. The van der Waals surface area contributed by atoms with Crippen molar-refractivity contribution in [2.75, 3.05) is 7.05 Å². The van der Waals surface area contributed by atoms with Crippen molar-refractivity contribution >= 4 is 27.8 Å². The summed E-state index contributed by atoms with van der Waals surface area (Å²) in [6.07, 6.45) is 9.92. The number of aromatic nitrogens is 4. The zero-order valence-corrected chi connectivity index (χ0v) is 23.6. The van der Waals surface area contributed by atoms with Gasteiger partial charge in [0.1, 0.15) is 5.82 Å². The molecule has 9 heteroatoms. The van der Waals surface area contributed by atoms with Crippen LogP contribution in [0, 0.1) is 5.82 Å². The lowest BCUT2D eigenvalue weighted by atomic mass is 9.81. The minimum absolute atomic E-state index is 0.0124. The molecule has 1 fully saturated rings. The fourth-order valence-corrected chi connectivity index (χ4v) is 6.00. The number of amides is 1. The molecular weight excluding hydrogens is 519 g/mol. The number of halogens is 1. The SMILES string of the molecule is CC(C)N(C)C(=O)c1cc(F)ccc1-n1cc([C@H]2CC[C@H](NCc3ccc4[nH]c(=O)[nH]c4c3)CC2)c2ccncc21. The van der Waals surface area contributed by atoms with Gasteiger partial charge in [-0.15, -0.1) is 0 Å². The maximum absolute atomic E-state index is 14.4. The van der Waals surface area contributed by atoms with Gasteiger partial charge in [-0.3, -0.25) is 9.78 Å². The lowest BCUT2D eigenvalue weighted by molar-refractivity contribution is 0.0754. The number of carbonyl (C=O) groups is 1.